The molecule has 8 heteroatoms. The Hall–Kier alpha value is -2.96. The zero-order valence-electron chi connectivity index (χ0n) is 15.0. The van der Waals surface area contributed by atoms with Gasteiger partial charge in [-0.15, -0.1) is 0 Å². The number of hydrogen-bond donors (Lipinski definition) is 1. The summed E-state index contributed by atoms with van der Waals surface area (Å²) in [6, 6.07) is 13.5. The van der Waals surface area contributed by atoms with Gasteiger partial charge in [-0.3, -0.25) is 4.79 Å². The van der Waals surface area contributed by atoms with Gasteiger partial charge < -0.3 is 13.9 Å². The summed E-state index contributed by atoms with van der Waals surface area (Å²) in [6.07, 6.45) is 1.40. The van der Waals surface area contributed by atoms with Crippen molar-refractivity contribution in [3.8, 4) is 22.8 Å². The van der Waals surface area contributed by atoms with E-state index in [1.165, 1.54) is 20.4 Å². The second kappa shape index (κ2) is 8.82. The van der Waals surface area contributed by atoms with Gasteiger partial charge in [-0.25, -0.2) is 5.43 Å². The van der Waals surface area contributed by atoms with Crippen LogP contribution in [-0.4, -0.2) is 26.3 Å². The molecule has 28 heavy (non-hydrogen) atoms. The molecule has 0 radical (unpaired) electrons. The number of benzene rings is 2. The number of ether oxygens (including phenoxy) is 2. The smallest absolute Gasteiger partial charge is 0.271 e. The third kappa shape index (κ3) is 4.65. The lowest BCUT2D eigenvalue weighted by atomic mass is 10.2. The van der Waals surface area contributed by atoms with Crippen LogP contribution in [0.2, 0.25) is 10.0 Å². The van der Waals surface area contributed by atoms with E-state index in [4.69, 9.17) is 37.1 Å². The Balaban J connectivity index is 1.69. The van der Waals surface area contributed by atoms with Crippen molar-refractivity contribution >= 4 is 35.3 Å². The molecule has 0 bridgehead atoms. The molecule has 2 aromatic carbocycles. The Morgan fingerprint density at radius 3 is 2.36 bits per heavy atom. The van der Waals surface area contributed by atoms with Gasteiger partial charge in [0.25, 0.3) is 5.91 Å². The van der Waals surface area contributed by atoms with Gasteiger partial charge in [-0.2, -0.15) is 5.10 Å². The fraction of sp³-hybridized carbons (Fsp3) is 0.100. The summed E-state index contributed by atoms with van der Waals surface area (Å²) in [5, 5.41) is 4.83. The molecular weight excluding hydrogens is 403 g/mol. The molecule has 0 aliphatic heterocycles. The summed E-state index contributed by atoms with van der Waals surface area (Å²) >= 11 is 11.9. The molecule has 6 nitrogen and oxygen atoms in total. The van der Waals surface area contributed by atoms with Crippen molar-refractivity contribution in [3.63, 3.8) is 0 Å². The lowest BCUT2D eigenvalue weighted by Gasteiger charge is -2.07. The Bertz CT molecular complexity index is 1010. The molecule has 0 spiro atoms. The van der Waals surface area contributed by atoms with Crippen molar-refractivity contribution in [3.05, 3.63) is 69.9 Å². The standard InChI is InChI=1S/C20H16Cl2N2O4/c1-26-15-7-13(8-16(10-15)27-2)20(25)24-23-11-14-4-6-19(28-14)12-3-5-17(21)18(22)9-12/h3-11H,1-2H3,(H,24,25). The minimum absolute atomic E-state index is 0.351. The van der Waals surface area contributed by atoms with E-state index in [0.29, 0.717) is 38.6 Å². The fourth-order valence-electron chi connectivity index (χ4n) is 2.38. The summed E-state index contributed by atoms with van der Waals surface area (Å²) in [4.78, 5) is 12.3. The van der Waals surface area contributed by atoms with Gasteiger partial charge >= 0.3 is 0 Å². The maximum absolute atomic E-state index is 12.3. The second-order valence-corrected chi connectivity index (χ2v) is 6.45. The molecule has 0 atom stereocenters. The van der Waals surface area contributed by atoms with E-state index < -0.39 is 5.91 Å². The van der Waals surface area contributed by atoms with Crippen molar-refractivity contribution in [2.75, 3.05) is 14.2 Å². The lowest BCUT2D eigenvalue weighted by molar-refractivity contribution is 0.0954. The van der Waals surface area contributed by atoms with Crippen LogP contribution in [0.3, 0.4) is 0 Å². The van der Waals surface area contributed by atoms with Crippen LogP contribution in [0.15, 0.2) is 58.0 Å². The Morgan fingerprint density at radius 1 is 1.00 bits per heavy atom. The summed E-state index contributed by atoms with van der Waals surface area (Å²) in [5.74, 6) is 1.66. The van der Waals surface area contributed by atoms with Crippen molar-refractivity contribution in [2.24, 2.45) is 5.10 Å². The Kier molecular flexibility index (Phi) is 6.23. The van der Waals surface area contributed by atoms with E-state index in [0.717, 1.165) is 5.56 Å². The molecule has 144 valence electrons. The molecule has 0 saturated heterocycles. The molecule has 3 rings (SSSR count). The fourth-order valence-corrected chi connectivity index (χ4v) is 2.68. The predicted molar refractivity (Wildman–Crippen MR) is 109 cm³/mol. The van der Waals surface area contributed by atoms with Crippen molar-refractivity contribution in [1.29, 1.82) is 0 Å². The first kappa shape index (κ1) is 19.8. The molecule has 1 N–H and O–H groups in total. The highest BCUT2D eigenvalue weighted by Crippen LogP contribution is 2.29. The van der Waals surface area contributed by atoms with Gasteiger partial charge in [0, 0.05) is 17.2 Å². The molecule has 1 aromatic heterocycles. The van der Waals surface area contributed by atoms with Gasteiger partial charge in [0.05, 0.1) is 30.5 Å². The number of hydrazone groups is 1. The molecule has 0 saturated carbocycles. The molecular formula is C20H16Cl2N2O4. The predicted octanol–water partition coefficient (Wildman–Crippen LogP) is 5.03. The summed E-state index contributed by atoms with van der Waals surface area (Å²) in [6.45, 7) is 0. The van der Waals surface area contributed by atoms with Gasteiger partial charge in [0.2, 0.25) is 0 Å². The van der Waals surface area contributed by atoms with Crippen molar-refractivity contribution in [1.82, 2.24) is 5.43 Å². The van der Waals surface area contributed by atoms with Crippen LogP contribution in [0.1, 0.15) is 16.1 Å². The average Bonchev–Trinajstić information content (AvgIpc) is 3.18. The molecule has 3 aromatic rings. The average molecular weight is 419 g/mol. The lowest BCUT2D eigenvalue weighted by Crippen LogP contribution is -2.17. The molecule has 1 heterocycles. The van der Waals surface area contributed by atoms with Crippen LogP contribution >= 0.6 is 23.2 Å². The van der Waals surface area contributed by atoms with E-state index in [-0.39, 0.29) is 0 Å². The SMILES string of the molecule is COc1cc(OC)cc(C(=O)NN=Cc2ccc(-c3ccc(Cl)c(Cl)c3)o2)c1. The van der Waals surface area contributed by atoms with Crippen molar-refractivity contribution in [2.45, 2.75) is 0 Å². The van der Waals surface area contributed by atoms with E-state index in [1.807, 2.05) is 0 Å². The number of carbonyl (C=O) groups excluding carboxylic acids is 1. The monoisotopic (exact) mass is 418 g/mol. The van der Waals surface area contributed by atoms with Crippen LogP contribution in [0.25, 0.3) is 11.3 Å². The number of amides is 1. The summed E-state index contributed by atoms with van der Waals surface area (Å²) in [7, 11) is 3.02. The largest absolute Gasteiger partial charge is 0.497 e. The maximum Gasteiger partial charge on any atom is 0.271 e. The number of nitrogens with zero attached hydrogens (tertiary/aromatic N) is 1. The number of halogens is 2. The van der Waals surface area contributed by atoms with Gasteiger partial charge in [0.15, 0.2) is 0 Å². The summed E-state index contributed by atoms with van der Waals surface area (Å²) in [5.41, 5.74) is 3.57. The highest BCUT2D eigenvalue weighted by molar-refractivity contribution is 6.42. The molecule has 0 unspecified atom stereocenters. The van der Waals surface area contributed by atoms with E-state index in [1.54, 1.807) is 48.5 Å². The minimum Gasteiger partial charge on any atom is -0.497 e. The zero-order valence-corrected chi connectivity index (χ0v) is 16.5. The summed E-state index contributed by atoms with van der Waals surface area (Å²) < 4.78 is 16.0. The molecule has 0 aliphatic rings. The minimum atomic E-state index is -0.412. The Morgan fingerprint density at radius 2 is 1.71 bits per heavy atom. The van der Waals surface area contributed by atoms with Crippen molar-refractivity contribution < 1.29 is 18.7 Å². The van der Waals surface area contributed by atoms with Crippen LogP contribution in [-0.2, 0) is 0 Å². The number of nitrogens with one attached hydrogen (secondary N) is 1. The second-order valence-electron chi connectivity index (χ2n) is 5.63. The number of rotatable bonds is 6. The molecule has 0 aliphatic carbocycles. The number of hydrogen-bond acceptors (Lipinski definition) is 5. The third-order valence-electron chi connectivity index (χ3n) is 3.80. The first-order chi connectivity index (χ1) is 13.5. The van der Waals surface area contributed by atoms with Crippen LogP contribution in [0.5, 0.6) is 11.5 Å². The van der Waals surface area contributed by atoms with Gasteiger partial charge in [-0.1, -0.05) is 23.2 Å². The molecule has 0 fully saturated rings. The number of furan rings is 1. The van der Waals surface area contributed by atoms with E-state index in [2.05, 4.69) is 10.5 Å². The van der Waals surface area contributed by atoms with Crippen LogP contribution < -0.4 is 14.9 Å². The number of carbonyl (C=O) groups is 1. The normalized spacial score (nSPS) is 10.9. The number of methoxy groups -OCH3 is 2. The van der Waals surface area contributed by atoms with Crippen LogP contribution in [0.4, 0.5) is 0 Å². The highest BCUT2D eigenvalue weighted by Gasteiger charge is 2.10. The Labute approximate surface area is 171 Å². The maximum atomic E-state index is 12.3. The quantitative estimate of drug-likeness (QED) is 0.449. The first-order valence-corrected chi connectivity index (χ1v) is 8.87. The third-order valence-corrected chi connectivity index (χ3v) is 4.54. The first-order valence-electron chi connectivity index (χ1n) is 8.12. The topological polar surface area (TPSA) is 73.1 Å². The van der Waals surface area contributed by atoms with E-state index in [9.17, 15) is 4.79 Å². The molecule has 1 amide bonds. The van der Waals surface area contributed by atoms with Gasteiger partial charge in [0.1, 0.15) is 23.0 Å². The van der Waals surface area contributed by atoms with Gasteiger partial charge in [-0.05, 0) is 42.5 Å². The zero-order chi connectivity index (χ0) is 20.1. The van der Waals surface area contributed by atoms with E-state index >= 15 is 0 Å². The highest BCUT2D eigenvalue weighted by atomic mass is 35.5. The van der Waals surface area contributed by atoms with Crippen LogP contribution in [0, 0.1) is 0 Å².